The second-order valence-electron chi connectivity index (χ2n) is 10.7. The Balaban J connectivity index is -0.000000411. The van der Waals surface area contributed by atoms with Crippen molar-refractivity contribution < 1.29 is 19.8 Å². The molecule has 0 saturated carbocycles. The van der Waals surface area contributed by atoms with E-state index in [-0.39, 0.29) is 60.8 Å². The summed E-state index contributed by atoms with van der Waals surface area (Å²) in [5.41, 5.74) is -1.83. The van der Waals surface area contributed by atoms with Crippen molar-refractivity contribution in [2.24, 2.45) is 21.7 Å². The van der Waals surface area contributed by atoms with Crippen LogP contribution in [0.15, 0.2) is 23.7 Å². The van der Waals surface area contributed by atoms with E-state index in [4.69, 9.17) is 0 Å². The Morgan fingerprint density at radius 3 is 0.815 bits per heavy atom. The van der Waals surface area contributed by atoms with E-state index >= 15 is 0 Å². The molecule has 0 rings (SSSR count). The first-order valence-corrected chi connectivity index (χ1v) is 8.97. The minimum absolute atomic E-state index is 0. The maximum atomic E-state index is 11.4. The van der Waals surface area contributed by atoms with Crippen LogP contribution in [-0.2, 0) is 9.59 Å². The molecule has 0 saturated heterocycles. The quantitative estimate of drug-likeness (QED) is 0.400. The Morgan fingerprint density at radius 1 is 0.519 bits per heavy atom. The molecule has 0 unspecified atom stereocenters. The molecule has 27 heavy (non-hydrogen) atoms. The van der Waals surface area contributed by atoms with E-state index in [9.17, 15) is 19.8 Å². The van der Waals surface area contributed by atoms with Gasteiger partial charge in [-0.05, 0) is 23.0 Å². The van der Waals surface area contributed by atoms with Gasteiger partial charge in [-0.2, -0.15) is 0 Å². The Bertz CT molecular complexity index is 505. The van der Waals surface area contributed by atoms with Gasteiger partial charge in [0.15, 0.2) is 11.6 Å². The Kier molecular flexibility index (Phi) is 12.8. The molecular formula is C22H38CaO4. The number of hydrogen-bond donors (Lipinski definition) is 0. The summed E-state index contributed by atoms with van der Waals surface area (Å²) in [6.07, 6.45) is 2.44. The fraction of sp³-hybridized carbons (Fsp3) is 0.727. The smallest absolute Gasteiger partial charge is 0.875 e. The zero-order valence-electron chi connectivity index (χ0n) is 19.5. The largest absolute Gasteiger partial charge is 2.00 e. The number of allylic oxidation sites excluding steroid dienone is 4. The molecule has 0 N–H and O–H groups in total. The molecule has 0 aliphatic heterocycles. The summed E-state index contributed by atoms with van der Waals surface area (Å²) >= 11 is 0. The number of carbonyl (C=O) groups is 2. The molecule has 0 heterocycles. The Labute approximate surface area is 196 Å². The van der Waals surface area contributed by atoms with Crippen molar-refractivity contribution in [1.29, 1.82) is 0 Å². The van der Waals surface area contributed by atoms with Crippen LogP contribution in [0, 0.1) is 21.7 Å². The summed E-state index contributed by atoms with van der Waals surface area (Å²) in [6.45, 7) is 21.7. The molecule has 5 heteroatoms. The van der Waals surface area contributed by atoms with Gasteiger partial charge in [0.1, 0.15) is 0 Å². The van der Waals surface area contributed by atoms with Crippen LogP contribution in [0.1, 0.15) is 83.1 Å². The van der Waals surface area contributed by atoms with Crippen LogP contribution < -0.4 is 10.2 Å². The molecule has 0 atom stereocenters. The van der Waals surface area contributed by atoms with E-state index in [1.54, 1.807) is 0 Å². The third kappa shape index (κ3) is 14.3. The van der Waals surface area contributed by atoms with E-state index in [0.717, 1.165) is 0 Å². The number of hydrogen-bond acceptors (Lipinski definition) is 4. The molecule has 0 aromatic heterocycles. The topological polar surface area (TPSA) is 80.3 Å². The van der Waals surface area contributed by atoms with E-state index in [1.807, 2.05) is 83.1 Å². The van der Waals surface area contributed by atoms with Crippen LogP contribution in [0.2, 0.25) is 0 Å². The molecule has 0 aliphatic rings. The molecule has 4 nitrogen and oxygen atoms in total. The number of carbonyl (C=O) groups excluding carboxylic acids is 2. The fourth-order valence-corrected chi connectivity index (χ4v) is 1.10. The van der Waals surface area contributed by atoms with Crippen LogP contribution in [0.3, 0.4) is 0 Å². The third-order valence-corrected chi connectivity index (χ3v) is 3.48. The van der Waals surface area contributed by atoms with Gasteiger partial charge in [-0.1, -0.05) is 83.1 Å². The SMILES string of the molecule is CC(C)(C)C(=O)C=C([O-])C(C)(C)C.CC(C)(C)C(=O)C=C([O-])C(C)(C)C.[Ca+2]. The van der Waals surface area contributed by atoms with Gasteiger partial charge < -0.3 is 10.2 Å². The molecule has 0 fully saturated rings. The van der Waals surface area contributed by atoms with Crippen LogP contribution in [-0.4, -0.2) is 49.3 Å². The van der Waals surface area contributed by atoms with E-state index in [2.05, 4.69) is 0 Å². The molecule has 0 bridgehead atoms. The average molecular weight is 407 g/mol. The zero-order chi connectivity index (χ0) is 21.7. The maximum absolute atomic E-state index is 11.4. The van der Waals surface area contributed by atoms with E-state index in [1.165, 1.54) is 12.2 Å². The van der Waals surface area contributed by atoms with Gasteiger partial charge in [0, 0.05) is 10.8 Å². The molecule has 0 aromatic carbocycles. The standard InChI is InChI=1S/2C11H20O2.Ca/c2*1-10(2,3)8(12)7-9(13)11(4,5)6;/h2*7,12H,1-6H3;/q;;+2/p-2. The molecule has 0 aromatic rings. The van der Waals surface area contributed by atoms with Crippen molar-refractivity contribution in [2.45, 2.75) is 83.1 Å². The zero-order valence-corrected chi connectivity index (χ0v) is 21.7. The third-order valence-electron chi connectivity index (χ3n) is 3.48. The molecule has 0 aliphatic carbocycles. The van der Waals surface area contributed by atoms with Crippen molar-refractivity contribution in [3.05, 3.63) is 23.7 Å². The van der Waals surface area contributed by atoms with Crippen molar-refractivity contribution in [2.75, 3.05) is 0 Å². The van der Waals surface area contributed by atoms with Crippen molar-refractivity contribution in [3.8, 4) is 0 Å². The number of rotatable bonds is 2. The van der Waals surface area contributed by atoms with Crippen LogP contribution in [0.5, 0.6) is 0 Å². The first-order chi connectivity index (χ1) is 11.1. The molecule has 0 spiro atoms. The predicted molar refractivity (Wildman–Crippen MR) is 110 cm³/mol. The summed E-state index contributed by atoms with van der Waals surface area (Å²) in [6, 6.07) is 0. The monoisotopic (exact) mass is 406 g/mol. The molecule has 152 valence electrons. The summed E-state index contributed by atoms with van der Waals surface area (Å²) in [5.74, 6) is -0.417. The van der Waals surface area contributed by atoms with Gasteiger partial charge in [0.2, 0.25) is 0 Å². The van der Waals surface area contributed by atoms with Gasteiger partial charge >= 0.3 is 37.7 Å². The van der Waals surface area contributed by atoms with Crippen molar-refractivity contribution in [1.82, 2.24) is 0 Å². The van der Waals surface area contributed by atoms with Gasteiger partial charge in [-0.3, -0.25) is 9.59 Å². The van der Waals surface area contributed by atoms with E-state index < -0.39 is 21.7 Å². The first kappa shape index (κ1) is 31.4. The Morgan fingerprint density at radius 2 is 0.704 bits per heavy atom. The maximum Gasteiger partial charge on any atom is 2.00 e. The predicted octanol–water partition coefficient (Wildman–Crippen LogP) is 3.40. The van der Waals surface area contributed by atoms with E-state index in [0.29, 0.717) is 0 Å². The second-order valence-corrected chi connectivity index (χ2v) is 10.7. The Hall–Kier alpha value is -0.320. The van der Waals surface area contributed by atoms with Crippen LogP contribution in [0.4, 0.5) is 0 Å². The minimum atomic E-state index is -0.457. The normalized spacial score (nSPS) is 13.9. The van der Waals surface area contributed by atoms with Crippen LogP contribution in [0.25, 0.3) is 0 Å². The summed E-state index contributed by atoms with van der Waals surface area (Å²) in [7, 11) is 0. The van der Waals surface area contributed by atoms with Gasteiger partial charge in [-0.15, -0.1) is 11.5 Å². The molecular weight excluding hydrogens is 368 g/mol. The summed E-state index contributed by atoms with van der Waals surface area (Å²) in [4.78, 5) is 22.9. The van der Waals surface area contributed by atoms with Crippen LogP contribution >= 0.6 is 0 Å². The van der Waals surface area contributed by atoms with Crippen molar-refractivity contribution >= 4 is 49.3 Å². The second kappa shape index (κ2) is 11.0. The summed E-state index contributed by atoms with van der Waals surface area (Å²) in [5, 5.41) is 22.9. The van der Waals surface area contributed by atoms with Gasteiger partial charge in [-0.25, -0.2) is 0 Å². The van der Waals surface area contributed by atoms with Crippen molar-refractivity contribution in [3.63, 3.8) is 0 Å². The average Bonchev–Trinajstić information content (AvgIpc) is 2.34. The van der Waals surface area contributed by atoms with Gasteiger partial charge in [0.25, 0.3) is 0 Å². The first-order valence-electron chi connectivity index (χ1n) is 8.97. The summed E-state index contributed by atoms with van der Waals surface area (Å²) < 4.78 is 0. The number of ketones is 2. The molecule has 0 amide bonds. The molecule has 0 radical (unpaired) electrons. The minimum Gasteiger partial charge on any atom is -0.875 e. The fourth-order valence-electron chi connectivity index (χ4n) is 1.10. The van der Waals surface area contributed by atoms with Gasteiger partial charge in [0.05, 0.1) is 0 Å².